The third-order valence-electron chi connectivity index (χ3n) is 3.58. The molecule has 0 spiro atoms. The SMILES string of the molecule is CC(NC(=O)Nc1cccc(F)c1C#N)(C(=O)O)C1CC1. The van der Waals surface area contributed by atoms with Gasteiger partial charge < -0.3 is 15.7 Å². The summed E-state index contributed by atoms with van der Waals surface area (Å²) in [4.78, 5) is 23.2. The number of amides is 2. The highest BCUT2D eigenvalue weighted by molar-refractivity contribution is 5.95. The summed E-state index contributed by atoms with van der Waals surface area (Å²) in [5, 5.41) is 22.8. The van der Waals surface area contributed by atoms with E-state index in [2.05, 4.69) is 10.6 Å². The minimum absolute atomic E-state index is 0.00136. The molecule has 7 heteroatoms. The quantitative estimate of drug-likeness (QED) is 0.790. The molecule has 1 aliphatic rings. The van der Waals surface area contributed by atoms with Gasteiger partial charge in [-0.3, -0.25) is 0 Å². The van der Waals surface area contributed by atoms with Crippen molar-refractivity contribution in [2.75, 3.05) is 5.32 Å². The molecule has 0 aliphatic heterocycles. The maximum atomic E-state index is 13.4. The van der Waals surface area contributed by atoms with Crippen LogP contribution in [-0.4, -0.2) is 22.6 Å². The highest BCUT2D eigenvalue weighted by Crippen LogP contribution is 2.39. The predicted octanol–water partition coefficient (Wildman–Crippen LogP) is 2.07. The largest absolute Gasteiger partial charge is 0.480 e. The molecule has 2 amide bonds. The van der Waals surface area contributed by atoms with Crippen molar-refractivity contribution < 1.29 is 19.1 Å². The van der Waals surface area contributed by atoms with E-state index in [9.17, 15) is 19.1 Å². The number of rotatable bonds is 4. The summed E-state index contributed by atoms with van der Waals surface area (Å²) in [7, 11) is 0. The minimum Gasteiger partial charge on any atom is -0.480 e. The first-order valence-corrected chi connectivity index (χ1v) is 6.39. The number of anilines is 1. The van der Waals surface area contributed by atoms with Crippen LogP contribution in [0.15, 0.2) is 18.2 Å². The Bertz CT molecular complexity index is 637. The monoisotopic (exact) mass is 291 g/mol. The Hall–Kier alpha value is -2.62. The molecule has 1 fully saturated rings. The Balaban J connectivity index is 2.14. The lowest BCUT2D eigenvalue weighted by Crippen LogP contribution is -2.55. The number of nitrogens with one attached hydrogen (secondary N) is 2. The van der Waals surface area contributed by atoms with E-state index in [1.165, 1.54) is 19.1 Å². The van der Waals surface area contributed by atoms with E-state index in [1.807, 2.05) is 0 Å². The van der Waals surface area contributed by atoms with Crippen LogP contribution < -0.4 is 10.6 Å². The van der Waals surface area contributed by atoms with Crippen molar-refractivity contribution in [3.8, 4) is 6.07 Å². The topological polar surface area (TPSA) is 102 Å². The van der Waals surface area contributed by atoms with Crippen molar-refractivity contribution in [2.45, 2.75) is 25.3 Å². The minimum atomic E-state index is -1.37. The number of halogens is 1. The second-order valence-corrected chi connectivity index (χ2v) is 5.14. The first kappa shape index (κ1) is 14.8. The number of aliphatic carboxylic acids is 1. The highest BCUT2D eigenvalue weighted by Gasteiger charge is 2.48. The zero-order valence-electron chi connectivity index (χ0n) is 11.3. The summed E-state index contributed by atoms with van der Waals surface area (Å²) < 4.78 is 13.4. The van der Waals surface area contributed by atoms with Crippen molar-refractivity contribution in [2.24, 2.45) is 5.92 Å². The second kappa shape index (κ2) is 5.40. The summed E-state index contributed by atoms with van der Waals surface area (Å²) in [6.07, 6.45) is 1.46. The molecule has 6 nitrogen and oxygen atoms in total. The first-order valence-electron chi connectivity index (χ1n) is 6.39. The summed E-state index contributed by atoms with van der Waals surface area (Å²) in [5.41, 5.74) is -1.67. The Morgan fingerprint density at radius 2 is 2.14 bits per heavy atom. The maximum absolute atomic E-state index is 13.4. The number of carbonyl (C=O) groups excluding carboxylic acids is 1. The second-order valence-electron chi connectivity index (χ2n) is 5.14. The van der Waals surface area contributed by atoms with E-state index in [1.54, 1.807) is 6.07 Å². The van der Waals surface area contributed by atoms with Crippen LogP contribution in [0.5, 0.6) is 0 Å². The van der Waals surface area contributed by atoms with Crippen molar-refractivity contribution >= 4 is 17.7 Å². The molecule has 1 unspecified atom stereocenters. The summed E-state index contributed by atoms with van der Waals surface area (Å²) in [5.74, 6) is -2.00. The molecule has 1 atom stereocenters. The zero-order valence-corrected chi connectivity index (χ0v) is 11.3. The van der Waals surface area contributed by atoms with Gasteiger partial charge in [0.05, 0.1) is 5.69 Å². The first-order chi connectivity index (χ1) is 9.88. The lowest BCUT2D eigenvalue weighted by Gasteiger charge is -2.26. The number of nitrogens with zero attached hydrogens (tertiary/aromatic N) is 1. The van der Waals surface area contributed by atoms with Gasteiger partial charge in [0.2, 0.25) is 0 Å². The van der Waals surface area contributed by atoms with Gasteiger partial charge >= 0.3 is 12.0 Å². The Morgan fingerprint density at radius 1 is 1.48 bits per heavy atom. The molecule has 110 valence electrons. The average Bonchev–Trinajstić information content (AvgIpc) is 3.23. The van der Waals surface area contributed by atoms with Crippen LogP contribution in [-0.2, 0) is 4.79 Å². The van der Waals surface area contributed by atoms with Crippen LogP contribution in [0.3, 0.4) is 0 Å². The molecular weight excluding hydrogens is 277 g/mol. The molecule has 1 aromatic carbocycles. The van der Waals surface area contributed by atoms with E-state index < -0.39 is 23.4 Å². The maximum Gasteiger partial charge on any atom is 0.329 e. The summed E-state index contributed by atoms with van der Waals surface area (Å²) in [6.45, 7) is 1.43. The van der Waals surface area contributed by atoms with Crippen LogP contribution in [0.25, 0.3) is 0 Å². The van der Waals surface area contributed by atoms with E-state index in [0.29, 0.717) is 0 Å². The van der Waals surface area contributed by atoms with Crippen molar-refractivity contribution in [1.82, 2.24) is 5.32 Å². The van der Waals surface area contributed by atoms with Crippen molar-refractivity contribution in [3.05, 3.63) is 29.6 Å². The van der Waals surface area contributed by atoms with Gasteiger partial charge in [-0.2, -0.15) is 5.26 Å². The molecule has 0 radical (unpaired) electrons. The van der Waals surface area contributed by atoms with Gasteiger partial charge in [0.1, 0.15) is 23.0 Å². The number of nitriles is 1. The van der Waals surface area contributed by atoms with Crippen LogP contribution in [0.2, 0.25) is 0 Å². The Morgan fingerprint density at radius 3 is 2.67 bits per heavy atom. The predicted molar refractivity (Wildman–Crippen MR) is 72.0 cm³/mol. The van der Waals surface area contributed by atoms with Crippen LogP contribution in [0.1, 0.15) is 25.3 Å². The van der Waals surface area contributed by atoms with E-state index in [4.69, 9.17) is 5.26 Å². The van der Waals surface area contributed by atoms with Gasteiger partial charge in [-0.15, -0.1) is 0 Å². The number of carbonyl (C=O) groups is 2. The van der Waals surface area contributed by atoms with E-state index in [-0.39, 0.29) is 17.2 Å². The van der Waals surface area contributed by atoms with Gasteiger partial charge in [0.25, 0.3) is 0 Å². The molecule has 3 N–H and O–H groups in total. The molecule has 0 heterocycles. The number of urea groups is 1. The van der Waals surface area contributed by atoms with Gasteiger partial charge in [0.15, 0.2) is 0 Å². The molecule has 0 aromatic heterocycles. The molecule has 21 heavy (non-hydrogen) atoms. The fraction of sp³-hybridized carbons (Fsp3) is 0.357. The molecule has 1 aromatic rings. The fourth-order valence-corrected chi connectivity index (χ4v) is 2.12. The number of carboxylic acids is 1. The van der Waals surface area contributed by atoms with Crippen molar-refractivity contribution in [1.29, 1.82) is 5.26 Å². The zero-order chi connectivity index (χ0) is 15.6. The van der Waals surface area contributed by atoms with E-state index >= 15 is 0 Å². The normalized spacial score (nSPS) is 16.4. The van der Waals surface area contributed by atoms with Crippen LogP contribution in [0.4, 0.5) is 14.9 Å². The van der Waals surface area contributed by atoms with Crippen LogP contribution in [0, 0.1) is 23.1 Å². The smallest absolute Gasteiger partial charge is 0.329 e. The third kappa shape index (κ3) is 2.94. The lowest BCUT2D eigenvalue weighted by molar-refractivity contribution is -0.144. The molecule has 1 aliphatic carbocycles. The number of hydrogen-bond acceptors (Lipinski definition) is 3. The van der Waals surface area contributed by atoms with Gasteiger partial charge in [-0.1, -0.05) is 6.07 Å². The molecular formula is C14H14FN3O3. The van der Waals surface area contributed by atoms with Crippen LogP contribution >= 0.6 is 0 Å². The summed E-state index contributed by atoms with van der Waals surface area (Å²) in [6, 6.07) is 4.70. The lowest BCUT2D eigenvalue weighted by atomic mass is 9.96. The van der Waals surface area contributed by atoms with Crippen molar-refractivity contribution in [3.63, 3.8) is 0 Å². The van der Waals surface area contributed by atoms with Gasteiger partial charge in [-0.25, -0.2) is 14.0 Å². The number of hydrogen-bond donors (Lipinski definition) is 3. The Labute approximate surface area is 120 Å². The average molecular weight is 291 g/mol. The standard InChI is InChI=1S/C14H14FN3O3/c1-14(12(19)20,8-5-6-8)18-13(21)17-11-4-2-3-10(15)9(11)7-16/h2-4,8H,5-6H2,1H3,(H,19,20)(H2,17,18,21). The summed E-state index contributed by atoms with van der Waals surface area (Å²) >= 11 is 0. The highest BCUT2D eigenvalue weighted by atomic mass is 19.1. The number of benzene rings is 1. The molecule has 1 saturated carbocycles. The van der Waals surface area contributed by atoms with Gasteiger partial charge in [-0.05, 0) is 37.8 Å². The molecule has 2 rings (SSSR count). The van der Waals surface area contributed by atoms with Gasteiger partial charge in [0, 0.05) is 0 Å². The Kier molecular flexibility index (Phi) is 3.80. The molecule has 0 saturated heterocycles. The third-order valence-corrected chi connectivity index (χ3v) is 3.58. The molecule has 0 bridgehead atoms. The van der Waals surface area contributed by atoms with E-state index in [0.717, 1.165) is 18.9 Å². The number of carboxylic acid groups (broad SMARTS) is 1. The fourth-order valence-electron chi connectivity index (χ4n) is 2.12.